The number of anilines is 1. The first-order valence-electron chi connectivity index (χ1n) is 8.26. The smallest absolute Gasteiger partial charge is 0.276 e. The maximum atomic E-state index is 12.7. The molecule has 1 aromatic heterocycles. The molecule has 2 aromatic carbocycles. The van der Waals surface area contributed by atoms with Crippen LogP contribution in [0.5, 0.6) is 0 Å². The minimum Gasteiger partial charge on any atom is -0.321 e. The summed E-state index contributed by atoms with van der Waals surface area (Å²) in [6, 6.07) is 17.8. The predicted octanol–water partition coefficient (Wildman–Crippen LogP) is 3.92. The second kappa shape index (κ2) is 5.96. The highest BCUT2D eigenvalue weighted by molar-refractivity contribution is 6.04. The largest absolute Gasteiger partial charge is 0.321 e. The second-order valence-corrected chi connectivity index (χ2v) is 6.20. The molecular formula is C20H19N3O. The molecule has 1 aliphatic carbocycles. The van der Waals surface area contributed by atoms with Gasteiger partial charge in [0.1, 0.15) is 0 Å². The van der Waals surface area contributed by atoms with Gasteiger partial charge in [-0.15, -0.1) is 0 Å². The zero-order valence-electron chi connectivity index (χ0n) is 13.6. The van der Waals surface area contributed by atoms with Gasteiger partial charge in [-0.05, 0) is 56.0 Å². The first kappa shape index (κ1) is 14.7. The Morgan fingerprint density at radius 3 is 2.71 bits per heavy atom. The number of nitrogens with one attached hydrogen (secondary N) is 1. The van der Waals surface area contributed by atoms with Crippen molar-refractivity contribution in [3.63, 3.8) is 0 Å². The summed E-state index contributed by atoms with van der Waals surface area (Å²) in [4.78, 5) is 12.7. The minimum atomic E-state index is -0.131. The van der Waals surface area contributed by atoms with Gasteiger partial charge in [-0.1, -0.05) is 30.3 Å². The van der Waals surface area contributed by atoms with E-state index in [1.54, 1.807) is 0 Å². The molecule has 24 heavy (non-hydrogen) atoms. The van der Waals surface area contributed by atoms with E-state index in [2.05, 4.69) is 10.4 Å². The van der Waals surface area contributed by atoms with Crippen molar-refractivity contribution in [2.45, 2.75) is 26.2 Å². The normalized spacial score (nSPS) is 12.9. The summed E-state index contributed by atoms with van der Waals surface area (Å²) < 4.78 is 1.92. The highest BCUT2D eigenvalue weighted by atomic mass is 16.2. The van der Waals surface area contributed by atoms with Crippen LogP contribution in [-0.4, -0.2) is 15.7 Å². The lowest BCUT2D eigenvalue weighted by Crippen LogP contribution is -2.15. The molecule has 4 heteroatoms. The van der Waals surface area contributed by atoms with Gasteiger partial charge >= 0.3 is 0 Å². The number of aryl methyl sites for hydroxylation is 1. The van der Waals surface area contributed by atoms with Crippen LogP contribution >= 0.6 is 0 Å². The Balaban J connectivity index is 1.70. The molecule has 1 aliphatic rings. The lowest BCUT2D eigenvalue weighted by molar-refractivity contribution is 0.102. The van der Waals surface area contributed by atoms with Crippen LogP contribution in [0, 0.1) is 6.92 Å². The first-order chi connectivity index (χ1) is 11.7. The van der Waals surface area contributed by atoms with Gasteiger partial charge in [0.25, 0.3) is 5.91 Å². The van der Waals surface area contributed by atoms with Crippen molar-refractivity contribution >= 4 is 11.6 Å². The SMILES string of the molecule is Cc1cccc(NC(=O)c2nn(-c3ccccc3)c3c2CCC3)c1. The van der Waals surface area contributed by atoms with E-state index < -0.39 is 0 Å². The van der Waals surface area contributed by atoms with Crippen molar-refractivity contribution in [2.24, 2.45) is 0 Å². The zero-order valence-corrected chi connectivity index (χ0v) is 13.6. The molecule has 1 amide bonds. The Kier molecular flexibility index (Phi) is 3.65. The number of hydrogen-bond donors (Lipinski definition) is 1. The monoisotopic (exact) mass is 317 g/mol. The Morgan fingerprint density at radius 1 is 1.08 bits per heavy atom. The molecule has 1 N–H and O–H groups in total. The molecule has 4 rings (SSSR count). The second-order valence-electron chi connectivity index (χ2n) is 6.20. The van der Waals surface area contributed by atoms with Gasteiger partial charge in [-0.3, -0.25) is 4.79 Å². The highest BCUT2D eigenvalue weighted by Crippen LogP contribution is 2.28. The van der Waals surface area contributed by atoms with Crippen LogP contribution in [0.3, 0.4) is 0 Å². The Hall–Kier alpha value is -2.88. The van der Waals surface area contributed by atoms with Crippen LogP contribution in [0.2, 0.25) is 0 Å². The summed E-state index contributed by atoms with van der Waals surface area (Å²) in [5.74, 6) is -0.131. The molecule has 0 fully saturated rings. The lowest BCUT2D eigenvalue weighted by Gasteiger charge is -2.06. The van der Waals surface area contributed by atoms with E-state index in [0.29, 0.717) is 5.69 Å². The first-order valence-corrected chi connectivity index (χ1v) is 8.26. The van der Waals surface area contributed by atoms with Crippen molar-refractivity contribution in [1.29, 1.82) is 0 Å². The Bertz CT molecular complexity index is 897. The fourth-order valence-electron chi connectivity index (χ4n) is 3.32. The molecule has 4 nitrogen and oxygen atoms in total. The third-order valence-electron chi connectivity index (χ3n) is 4.42. The fraction of sp³-hybridized carbons (Fsp3) is 0.200. The van der Waals surface area contributed by atoms with E-state index in [9.17, 15) is 4.79 Å². The van der Waals surface area contributed by atoms with Gasteiger partial charge in [0, 0.05) is 16.9 Å². The number of benzene rings is 2. The van der Waals surface area contributed by atoms with Crippen LogP contribution < -0.4 is 5.32 Å². The molecule has 0 aliphatic heterocycles. The maximum absolute atomic E-state index is 12.7. The fourth-order valence-corrected chi connectivity index (χ4v) is 3.32. The van der Waals surface area contributed by atoms with Gasteiger partial charge < -0.3 is 5.32 Å². The third-order valence-corrected chi connectivity index (χ3v) is 4.42. The zero-order chi connectivity index (χ0) is 16.5. The quantitative estimate of drug-likeness (QED) is 0.796. The van der Waals surface area contributed by atoms with E-state index in [1.165, 1.54) is 0 Å². The van der Waals surface area contributed by atoms with Gasteiger partial charge in [-0.2, -0.15) is 5.10 Å². The summed E-state index contributed by atoms with van der Waals surface area (Å²) in [5, 5.41) is 7.60. The van der Waals surface area contributed by atoms with Crippen molar-refractivity contribution in [1.82, 2.24) is 9.78 Å². The van der Waals surface area contributed by atoms with Gasteiger partial charge in [0.15, 0.2) is 5.69 Å². The molecule has 0 saturated carbocycles. The summed E-state index contributed by atoms with van der Waals surface area (Å²) in [6.07, 6.45) is 2.96. The van der Waals surface area contributed by atoms with Crippen molar-refractivity contribution in [2.75, 3.05) is 5.32 Å². The number of carbonyl (C=O) groups is 1. The minimum absolute atomic E-state index is 0.131. The van der Waals surface area contributed by atoms with Crippen molar-refractivity contribution < 1.29 is 4.79 Å². The summed E-state index contributed by atoms with van der Waals surface area (Å²) in [6.45, 7) is 2.01. The van der Waals surface area contributed by atoms with E-state index in [0.717, 1.165) is 47.5 Å². The number of fused-ring (bicyclic) bond motifs is 1. The standard InChI is InChI=1S/C20H19N3O/c1-14-7-5-8-15(13-14)21-20(24)19-17-11-6-12-18(17)23(22-19)16-9-3-2-4-10-16/h2-5,7-10,13H,6,11-12H2,1H3,(H,21,24). The Morgan fingerprint density at radius 2 is 1.92 bits per heavy atom. The average molecular weight is 317 g/mol. The van der Waals surface area contributed by atoms with E-state index in [1.807, 2.05) is 66.2 Å². The molecule has 0 spiro atoms. The lowest BCUT2D eigenvalue weighted by atomic mass is 10.1. The predicted molar refractivity (Wildman–Crippen MR) is 94.7 cm³/mol. The number of amides is 1. The molecular weight excluding hydrogens is 298 g/mol. The molecule has 3 aromatic rings. The van der Waals surface area contributed by atoms with Crippen LogP contribution in [0.25, 0.3) is 5.69 Å². The molecule has 0 radical (unpaired) electrons. The van der Waals surface area contributed by atoms with Crippen LogP contribution in [0.1, 0.15) is 33.7 Å². The topological polar surface area (TPSA) is 46.9 Å². The molecule has 0 atom stereocenters. The number of hydrogen-bond acceptors (Lipinski definition) is 2. The van der Waals surface area contributed by atoms with Gasteiger partial charge in [0.05, 0.1) is 5.69 Å². The number of rotatable bonds is 3. The average Bonchev–Trinajstić information content (AvgIpc) is 3.17. The van der Waals surface area contributed by atoms with Crippen LogP contribution in [0.15, 0.2) is 54.6 Å². The summed E-state index contributed by atoms with van der Waals surface area (Å²) in [7, 11) is 0. The molecule has 0 saturated heterocycles. The molecule has 120 valence electrons. The van der Waals surface area contributed by atoms with E-state index in [4.69, 9.17) is 0 Å². The summed E-state index contributed by atoms with van der Waals surface area (Å²) in [5.41, 5.74) is 5.73. The molecule has 0 bridgehead atoms. The van der Waals surface area contributed by atoms with Gasteiger partial charge in [0.2, 0.25) is 0 Å². The number of nitrogens with zero attached hydrogens (tertiary/aromatic N) is 2. The van der Waals surface area contributed by atoms with Crippen molar-refractivity contribution in [3.05, 3.63) is 77.1 Å². The Labute approximate surface area is 141 Å². The molecule has 0 unspecified atom stereocenters. The number of carbonyl (C=O) groups excluding carboxylic acids is 1. The molecule has 1 heterocycles. The third kappa shape index (κ3) is 2.60. The summed E-state index contributed by atoms with van der Waals surface area (Å²) >= 11 is 0. The maximum Gasteiger partial charge on any atom is 0.276 e. The number of para-hydroxylation sites is 1. The van der Waals surface area contributed by atoms with Gasteiger partial charge in [-0.25, -0.2) is 4.68 Å². The van der Waals surface area contributed by atoms with Crippen LogP contribution in [0.4, 0.5) is 5.69 Å². The van der Waals surface area contributed by atoms with E-state index in [-0.39, 0.29) is 5.91 Å². The number of aromatic nitrogens is 2. The highest BCUT2D eigenvalue weighted by Gasteiger charge is 2.26. The van der Waals surface area contributed by atoms with Crippen LogP contribution in [-0.2, 0) is 12.8 Å². The van der Waals surface area contributed by atoms with E-state index >= 15 is 0 Å². The van der Waals surface area contributed by atoms with Crippen molar-refractivity contribution in [3.8, 4) is 5.69 Å².